The van der Waals surface area contributed by atoms with E-state index in [4.69, 9.17) is 5.11 Å². The van der Waals surface area contributed by atoms with Crippen LogP contribution in [0.2, 0.25) is 0 Å². The topological polar surface area (TPSA) is 32.6 Å². The van der Waals surface area contributed by atoms with Crippen molar-refractivity contribution in [3.63, 3.8) is 0 Å². The van der Waals surface area contributed by atoms with Gasteiger partial charge in [-0.05, 0) is 19.1 Å². The van der Waals surface area contributed by atoms with Gasteiger partial charge in [-0.2, -0.15) is 0 Å². The largest absolute Gasteiger partial charge is 0.371 e. The summed E-state index contributed by atoms with van der Waals surface area (Å²) in [6, 6.07) is 0. The van der Waals surface area contributed by atoms with Gasteiger partial charge in [0.15, 0.2) is 6.23 Å². The minimum absolute atomic E-state index is 0.692. The van der Waals surface area contributed by atoms with Crippen LogP contribution >= 0.6 is 12.2 Å². The zero-order valence-corrected chi connectivity index (χ0v) is 4.20. The number of hydrogen-bond donors (Lipinski definition) is 1. The fraction of sp³-hybridized carbons (Fsp3) is 0.667. The zero-order chi connectivity index (χ0) is 4.99. The molecule has 0 amide bonds. The molecule has 0 aliphatic heterocycles. The number of nitrogens with zero attached hydrogens (tertiary/aromatic N) is 1. The van der Waals surface area contributed by atoms with E-state index in [0.29, 0.717) is 0 Å². The van der Waals surface area contributed by atoms with Crippen LogP contribution in [0.25, 0.3) is 0 Å². The minimum Gasteiger partial charge on any atom is -0.371 e. The maximum Gasteiger partial charge on any atom is 0.152 e. The molecule has 2 nitrogen and oxygen atoms in total. The van der Waals surface area contributed by atoms with Crippen molar-refractivity contribution >= 4 is 17.4 Å². The average molecular weight is 103 g/mol. The molecule has 0 bridgehead atoms. The Balaban J connectivity index is 3.29. The third kappa shape index (κ3) is 3.76. The summed E-state index contributed by atoms with van der Waals surface area (Å²) in [5.41, 5.74) is 0. The fourth-order valence-electron chi connectivity index (χ4n) is 0.0763. The van der Waals surface area contributed by atoms with Crippen molar-refractivity contribution in [1.82, 2.24) is 0 Å². The summed E-state index contributed by atoms with van der Waals surface area (Å²) >= 11 is 4.15. The Hall–Kier alpha value is -0.240. The first-order chi connectivity index (χ1) is 2.77. The highest BCUT2D eigenvalue weighted by molar-refractivity contribution is 7.78. The van der Waals surface area contributed by atoms with E-state index in [9.17, 15) is 0 Å². The Labute approximate surface area is 41.5 Å². The van der Waals surface area contributed by atoms with Crippen molar-refractivity contribution < 1.29 is 5.11 Å². The molecule has 0 spiro atoms. The Morgan fingerprint density at radius 2 is 2.50 bits per heavy atom. The van der Waals surface area contributed by atoms with Gasteiger partial charge >= 0.3 is 0 Å². The molecule has 0 aliphatic rings. The highest BCUT2D eigenvalue weighted by Gasteiger charge is 1.78. The molecular formula is C3H5NOS. The van der Waals surface area contributed by atoms with Crippen molar-refractivity contribution in [1.29, 1.82) is 0 Å². The molecule has 0 fully saturated rings. The van der Waals surface area contributed by atoms with Gasteiger partial charge < -0.3 is 5.11 Å². The van der Waals surface area contributed by atoms with Gasteiger partial charge in [-0.3, -0.25) is 0 Å². The Morgan fingerprint density at radius 1 is 2.00 bits per heavy atom. The first-order valence-electron chi connectivity index (χ1n) is 1.52. The van der Waals surface area contributed by atoms with E-state index in [2.05, 4.69) is 17.2 Å². The predicted octanol–water partition coefficient (Wildman–Crippen LogP) is 0.428. The van der Waals surface area contributed by atoms with Crippen molar-refractivity contribution in [2.24, 2.45) is 4.99 Å². The normalized spacial score (nSPS) is 12.3. The molecule has 0 rings (SSSR count). The molecule has 0 aromatic rings. The summed E-state index contributed by atoms with van der Waals surface area (Å²) < 4.78 is 0. The molecule has 3 heteroatoms. The van der Waals surface area contributed by atoms with Crippen LogP contribution in [0.5, 0.6) is 0 Å². The second-order valence-electron chi connectivity index (χ2n) is 0.852. The molecular weight excluding hydrogens is 98.1 g/mol. The van der Waals surface area contributed by atoms with E-state index in [1.54, 1.807) is 0 Å². The molecule has 0 radical (unpaired) electrons. The van der Waals surface area contributed by atoms with Crippen LogP contribution in [0.1, 0.15) is 6.92 Å². The average Bonchev–Trinajstić information content (AvgIpc) is 1.35. The Bertz CT molecular complexity index is 74.9. The predicted molar refractivity (Wildman–Crippen MR) is 26.7 cm³/mol. The van der Waals surface area contributed by atoms with Gasteiger partial charge in [-0.25, -0.2) is 4.99 Å². The first kappa shape index (κ1) is 5.76. The zero-order valence-electron chi connectivity index (χ0n) is 3.38. The number of hydrogen-bond acceptors (Lipinski definition) is 3. The third-order valence-electron chi connectivity index (χ3n) is 0.240. The van der Waals surface area contributed by atoms with Gasteiger partial charge in [0.1, 0.15) is 0 Å². The van der Waals surface area contributed by atoms with Crippen molar-refractivity contribution in [2.75, 3.05) is 0 Å². The van der Waals surface area contributed by atoms with Gasteiger partial charge in [-0.15, -0.1) is 0 Å². The Kier molecular flexibility index (Phi) is 2.85. The summed E-state index contributed by atoms with van der Waals surface area (Å²) in [7, 11) is 0. The SMILES string of the molecule is CC(O)N=C=S. The summed E-state index contributed by atoms with van der Waals surface area (Å²) in [5.74, 6) is 0. The van der Waals surface area contributed by atoms with Crippen LogP contribution in [0, 0.1) is 0 Å². The van der Waals surface area contributed by atoms with Crippen LogP contribution in [0.15, 0.2) is 4.99 Å². The molecule has 0 saturated carbocycles. The van der Waals surface area contributed by atoms with E-state index >= 15 is 0 Å². The maximum atomic E-state index is 8.26. The molecule has 0 heterocycles. The second-order valence-corrected chi connectivity index (χ2v) is 1.03. The van der Waals surface area contributed by atoms with Crippen LogP contribution in [-0.2, 0) is 0 Å². The van der Waals surface area contributed by atoms with Gasteiger partial charge in [0, 0.05) is 0 Å². The van der Waals surface area contributed by atoms with Crippen LogP contribution in [-0.4, -0.2) is 16.5 Å². The quantitative estimate of drug-likeness (QED) is 0.385. The van der Waals surface area contributed by atoms with Crippen molar-refractivity contribution in [3.8, 4) is 0 Å². The smallest absolute Gasteiger partial charge is 0.152 e. The summed E-state index contributed by atoms with van der Waals surface area (Å²) in [6.07, 6.45) is -0.692. The lowest BCUT2D eigenvalue weighted by Gasteiger charge is -1.83. The molecule has 0 aromatic heterocycles. The monoisotopic (exact) mass is 103 g/mol. The number of aliphatic hydroxyl groups is 1. The molecule has 0 aromatic carbocycles. The summed E-state index contributed by atoms with van der Waals surface area (Å²) in [4.78, 5) is 3.25. The highest BCUT2D eigenvalue weighted by Crippen LogP contribution is 1.74. The molecule has 34 valence electrons. The van der Waals surface area contributed by atoms with Gasteiger partial charge in [0.25, 0.3) is 0 Å². The lowest BCUT2D eigenvalue weighted by Crippen LogP contribution is -1.90. The number of rotatable bonds is 1. The van der Waals surface area contributed by atoms with E-state index in [-0.39, 0.29) is 0 Å². The van der Waals surface area contributed by atoms with Crippen molar-refractivity contribution in [3.05, 3.63) is 0 Å². The Morgan fingerprint density at radius 3 is 2.50 bits per heavy atom. The lowest BCUT2D eigenvalue weighted by molar-refractivity contribution is 0.206. The second kappa shape index (κ2) is 2.97. The van der Waals surface area contributed by atoms with Crippen LogP contribution in [0.4, 0.5) is 0 Å². The van der Waals surface area contributed by atoms with E-state index in [1.807, 2.05) is 5.16 Å². The third-order valence-corrected chi connectivity index (χ3v) is 0.345. The maximum absolute atomic E-state index is 8.26. The van der Waals surface area contributed by atoms with Gasteiger partial charge in [-0.1, -0.05) is 0 Å². The van der Waals surface area contributed by atoms with Gasteiger partial charge in [0.2, 0.25) is 0 Å². The summed E-state index contributed by atoms with van der Waals surface area (Å²) in [5, 5.41) is 10.3. The number of aliphatic hydroxyl groups excluding tert-OH is 1. The number of thiocarbonyl (C=S) groups is 1. The van der Waals surface area contributed by atoms with Gasteiger partial charge in [0.05, 0.1) is 5.16 Å². The fourth-order valence-corrected chi connectivity index (χ4v) is 0.229. The number of aliphatic imine (C=N–C) groups is 1. The minimum atomic E-state index is -0.692. The highest BCUT2D eigenvalue weighted by atomic mass is 32.1. The molecule has 1 atom stereocenters. The first-order valence-corrected chi connectivity index (χ1v) is 1.93. The number of isothiocyanates is 1. The summed E-state index contributed by atoms with van der Waals surface area (Å²) in [6.45, 7) is 1.51. The molecule has 1 N–H and O–H groups in total. The van der Waals surface area contributed by atoms with Crippen LogP contribution < -0.4 is 0 Å². The van der Waals surface area contributed by atoms with Crippen molar-refractivity contribution in [2.45, 2.75) is 13.2 Å². The standard InChI is InChI=1S/C3H5NOS/c1-3(5)4-2-6/h3,5H,1H3. The van der Waals surface area contributed by atoms with E-state index in [0.717, 1.165) is 0 Å². The lowest BCUT2D eigenvalue weighted by atomic mass is 10.7. The van der Waals surface area contributed by atoms with E-state index < -0.39 is 6.23 Å². The molecule has 6 heavy (non-hydrogen) atoms. The molecule has 1 unspecified atom stereocenters. The van der Waals surface area contributed by atoms with Crippen LogP contribution in [0.3, 0.4) is 0 Å². The molecule has 0 saturated heterocycles. The molecule has 0 aliphatic carbocycles. The van der Waals surface area contributed by atoms with E-state index in [1.165, 1.54) is 6.92 Å².